The van der Waals surface area contributed by atoms with Crippen LogP contribution in [0.2, 0.25) is 5.02 Å². The van der Waals surface area contributed by atoms with Crippen molar-refractivity contribution in [1.29, 1.82) is 0 Å². The van der Waals surface area contributed by atoms with Crippen LogP contribution in [-0.2, 0) is 6.18 Å². The Labute approximate surface area is 154 Å². The first-order valence-electron chi connectivity index (χ1n) is 7.34. The van der Waals surface area contributed by atoms with E-state index >= 15 is 0 Å². The molecule has 2 aromatic carbocycles. The molecule has 0 spiro atoms. The van der Waals surface area contributed by atoms with Gasteiger partial charge in [0.25, 0.3) is 5.91 Å². The van der Waals surface area contributed by atoms with Crippen LogP contribution in [0.5, 0.6) is 0 Å². The second kappa shape index (κ2) is 6.99. The molecule has 3 rings (SSSR count). The predicted molar refractivity (Wildman–Crippen MR) is 87.9 cm³/mol. The number of hydrogen-bond donors (Lipinski definition) is 1. The van der Waals surface area contributed by atoms with Gasteiger partial charge in [0.05, 0.1) is 17.4 Å². The minimum absolute atomic E-state index is 0.0404. The molecule has 140 valence electrons. The van der Waals surface area contributed by atoms with Crippen LogP contribution < -0.4 is 5.32 Å². The molecule has 27 heavy (non-hydrogen) atoms. The van der Waals surface area contributed by atoms with Gasteiger partial charge >= 0.3 is 6.18 Å². The van der Waals surface area contributed by atoms with E-state index < -0.39 is 35.0 Å². The summed E-state index contributed by atoms with van der Waals surface area (Å²) in [6.07, 6.45) is -4.16. The first-order valence-corrected chi connectivity index (χ1v) is 7.72. The fraction of sp³-hybridized carbons (Fsp3) is 0.0588. The minimum atomic E-state index is -4.91. The Bertz CT molecular complexity index is 999. The van der Waals surface area contributed by atoms with Gasteiger partial charge in [-0.05, 0) is 36.4 Å². The lowest BCUT2D eigenvalue weighted by molar-refractivity contribution is -0.143. The van der Waals surface area contributed by atoms with Gasteiger partial charge in [-0.1, -0.05) is 11.6 Å². The first-order chi connectivity index (χ1) is 12.7. The van der Waals surface area contributed by atoms with Crippen molar-refractivity contribution in [1.82, 2.24) is 9.78 Å². The average molecular weight is 402 g/mol. The molecule has 0 aliphatic heterocycles. The molecule has 4 nitrogen and oxygen atoms in total. The molecule has 0 saturated heterocycles. The number of rotatable bonds is 3. The number of carbonyl (C=O) groups excluding carboxylic acids is 1. The van der Waals surface area contributed by atoms with Crippen molar-refractivity contribution in [2.45, 2.75) is 6.18 Å². The Morgan fingerprint density at radius 3 is 2.30 bits per heavy atom. The molecule has 3 aromatic rings. The van der Waals surface area contributed by atoms with Crippen molar-refractivity contribution >= 4 is 23.2 Å². The largest absolute Gasteiger partial charge is 0.434 e. The summed E-state index contributed by atoms with van der Waals surface area (Å²) in [5.41, 5.74) is -2.25. The highest BCUT2D eigenvalue weighted by Gasteiger charge is 2.40. The number of benzene rings is 2. The van der Waals surface area contributed by atoms with Gasteiger partial charge in [-0.3, -0.25) is 4.79 Å². The van der Waals surface area contributed by atoms with E-state index in [1.165, 1.54) is 24.3 Å². The van der Waals surface area contributed by atoms with Crippen LogP contribution in [0, 0.1) is 11.6 Å². The van der Waals surface area contributed by atoms with Gasteiger partial charge in [0.2, 0.25) is 0 Å². The predicted octanol–water partition coefficient (Wildman–Crippen LogP) is 5.08. The zero-order chi connectivity index (χ0) is 19.8. The van der Waals surface area contributed by atoms with E-state index in [0.717, 1.165) is 18.3 Å². The normalized spacial score (nSPS) is 11.5. The third kappa shape index (κ3) is 3.92. The third-order valence-electron chi connectivity index (χ3n) is 3.53. The van der Waals surface area contributed by atoms with Gasteiger partial charge in [0.1, 0.15) is 0 Å². The topological polar surface area (TPSA) is 46.9 Å². The summed E-state index contributed by atoms with van der Waals surface area (Å²) in [6, 6.07) is 7.78. The van der Waals surface area contributed by atoms with E-state index in [2.05, 4.69) is 10.4 Å². The lowest BCUT2D eigenvalue weighted by Crippen LogP contribution is -2.20. The Morgan fingerprint density at radius 2 is 1.70 bits per heavy atom. The Morgan fingerprint density at radius 1 is 1.04 bits per heavy atom. The smallest absolute Gasteiger partial charge is 0.322 e. The lowest BCUT2D eigenvalue weighted by atomic mass is 10.2. The van der Waals surface area contributed by atoms with E-state index in [9.17, 15) is 26.7 Å². The van der Waals surface area contributed by atoms with Crippen molar-refractivity contribution in [2.75, 3.05) is 5.32 Å². The summed E-state index contributed by atoms with van der Waals surface area (Å²) in [5.74, 6) is -3.58. The van der Waals surface area contributed by atoms with Crippen molar-refractivity contribution in [2.24, 2.45) is 0 Å². The monoisotopic (exact) mass is 401 g/mol. The van der Waals surface area contributed by atoms with Gasteiger partial charge in [-0.2, -0.15) is 18.3 Å². The lowest BCUT2D eigenvalue weighted by Gasteiger charge is -2.13. The number of anilines is 1. The number of halogens is 6. The van der Waals surface area contributed by atoms with Crippen molar-refractivity contribution in [3.8, 4) is 5.69 Å². The Hall–Kier alpha value is -2.94. The molecule has 0 saturated carbocycles. The molecule has 0 atom stereocenters. The van der Waals surface area contributed by atoms with Crippen LogP contribution in [0.15, 0.2) is 48.7 Å². The summed E-state index contributed by atoms with van der Waals surface area (Å²) in [4.78, 5) is 12.3. The minimum Gasteiger partial charge on any atom is -0.322 e. The highest BCUT2D eigenvalue weighted by molar-refractivity contribution is 6.30. The summed E-state index contributed by atoms with van der Waals surface area (Å²) in [5, 5.41) is 6.04. The van der Waals surface area contributed by atoms with E-state index in [1.807, 2.05) is 0 Å². The fourth-order valence-corrected chi connectivity index (χ4v) is 2.46. The molecule has 1 aromatic heterocycles. The summed E-state index contributed by atoms with van der Waals surface area (Å²) < 4.78 is 67.4. The molecule has 0 unspecified atom stereocenters. The van der Waals surface area contributed by atoms with Crippen LogP contribution in [0.3, 0.4) is 0 Å². The molecular weight excluding hydrogens is 393 g/mol. The summed E-state index contributed by atoms with van der Waals surface area (Å²) >= 11 is 5.73. The number of amides is 1. The number of alkyl halides is 3. The fourth-order valence-electron chi connectivity index (χ4n) is 2.34. The van der Waals surface area contributed by atoms with Crippen molar-refractivity contribution < 1.29 is 26.7 Å². The zero-order valence-electron chi connectivity index (χ0n) is 13.2. The number of aromatic nitrogens is 2. The highest BCUT2D eigenvalue weighted by atomic mass is 35.5. The van der Waals surface area contributed by atoms with Gasteiger partial charge in [0, 0.05) is 16.8 Å². The second-order valence-corrected chi connectivity index (χ2v) is 5.81. The maximum atomic E-state index is 13.5. The third-order valence-corrected chi connectivity index (χ3v) is 3.78. The van der Waals surface area contributed by atoms with E-state index in [1.54, 1.807) is 0 Å². The van der Waals surface area contributed by atoms with Crippen LogP contribution >= 0.6 is 11.6 Å². The second-order valence-electron chi connectivity index (χ2n) is 5.38. The van der Waals surface area contributed by atoms with Crippen LogP contribution in [0.4, 0.5) is 27.6 Å². The maximum Gasteiger partial charge on any atom is 0.434 e. The standard InChI is InChI=1S/C17H9ClF5N3O/c18-9-1-4-11(5-2-9)26-15(17(21,22)23)12(8-24-26)16(27)25-10-3-6-13(19)14(20)7-10/h1-8H,(H,25,27). The molecule has 0 bridgehead atoms. The van der Waals surface area contributed by atoms with Crippen LogP contribution in [0.25, 0.3) is 5.69 Å². The maximum absolute atomic E-state index is 13.5. The van der Waals surface area contributed by atoms with Crippen molar-refractivity contribution in [3.05, 3.63) is 76.6 Å². The number of nitrogens with zero attached hydrogens (tertiary/aromatic N) is 2. The highest BCUT2D eigenvalue weighted by Crippen LogP contribution is 2.34. The van der Waals surface area contributed by atoms with Gasteiger partial charge in [-0.15, -0.1) is 0 Å². The summed E-state index contributed by atoms with van der Waals surface area (Å²) in [7, 11) is 0. The first kappa shape index (κ1) is 18.8. The zero-order valence-corrected chi connectivity index (χ0v) is 13.9. The van der Waals surface area contributed by atoms with E-state index in [4.69, 9.17) is 11.6 Å². The molecule has 0 radical (unpaired) electrons. The number of nitrogens with one attached hydrogen (secondary N) is 1. The van der Waals surface area contributed by atoms with Crippen molar-refractivity contribution in [3.63, 3.8) is 0 Å². The van der Waals surface area contributed by atoms with Gasteiger partial charge in [-0.25, -0.2) is 13.5 Å². The molecule has 0 fully saturated rings. The molecule has 10 heteroatoms. The average Bonchev–Trinajstić information content (AvgIpc) is 3.04. The molecule has 1 amide bonds. The Kier molecular flexibility index (Phi) is 4.88. The Balaban J connectivity index is 2.01. The quantitative estimate of drug-likeness (QED) is 0.622. The number of hydrogen-bond acceptors (Lipinski definition) is 2. The summed E-state index contributed by atoms with van der Waals surface area (Å²) in [6.45, 7) is 0. The number of carbonyl (C=O) groups is 1. The van der Waals surface area contributed by atoms with Gasteiger partial charge in [0.15, 0.2) is 17.3 Å². The van der Waals surface area contributed by atoms with Crippen LogP contribution in [-0.4, -0.2) is 15.7 Å². The van der Waals surface area contributed by atoms with Gasteiger partial charge < -0.3 is 5.32 Å². The van der Waals surface area contributed by atoms with Crippen LogP contribution in [0.1, 0.15) is 16.1 Å². The van der Waals surface area contributed by atoms with E-state index in [-0.39, 0.29) is 11.4 Å². The SMILES string of the molecule is O=C(Nc1ccc(F)c(F)c1)c1cnn(-c2ccc(Cl)cc2)c1C(F)(F)F. The van der Waals surface area contributed by atoms with E-state index in [0.29, 0.717) is 15.8 Å². The molecule has 0 aliphatic rings. The molecular formula is C17H9ClF5N3O. The molecule has 1 N–H and O–H groups in total. The molecule has 1 heterocycles. The molecule has 0 aliphatic carbocycles.